The highest BCUT2D eigenvalue weighted by atomic mass is 32.1. The molecule has 6 heteroatoms. The Morgan fingerprint density at radius 3 is 3.18 bits per heavy atom. The monoisotopic (exact) mass is 315 g/mol. The van der Waals surface area contributed by atoms with Crippen LogP contribution in [-0.4, -0.2) is 40.0 Å². The highest BCUT2D eigenvalue weighted by Gasteiger charge is 2.24. The Kier molecular flexibility index (Phi) is 4.80. The fourth-order valence-corrected chi connectivity index (χ4v) is 3.01. The van der Waals surface area contributed by atoms with Gasteiger partial charge < -0.3 is 9.64 Å². The smallest absolute Gasteiger partial charge is 0.246 e. The van der Waals surface area contributed by atoms with E-state index in [2.05, 4.69) is 9.97 Å². The van der Waals surface area contributed by atoms with Crippen molar-refractivity contribution in [2.24, 2.45) is 0 Å². The number of thiophene rings is 1. The summed E-state index contributed by atoms with van der Waals surface area (Å²) in [5.41, 5.74) is 0. The van der Waals surface area contributed by atoms with Gasteiger partial charge in [0.1, 0.15) is 6.10 Å². The van der Waals surface area contributed by atoms with Gasteiger partial charge in [-0.1, -0.05) is 6.07 Å². The summed E-state index contributed by atoms with van der Waals surface area (Å²) in [6, 6.07) is 3.96. The second-order valence-corrected chi connectivity index (χ2v) is 6.04. The molecule has 2 aromatic rings. The van der Waals surface area contributed by atoms with E-state index in [0.29, 0.717) is 12.4 Å². The SMILES string of the molecule is O=C(/C=C/c1cccs1)N1CCC[C@@H](Oc2cnccn2)C1. The van der Waals surface area contributed by atoms with Crippen LogP contribution in [0, 0.1) is 0 Å². The number of hydrogen-bond acceptors (Lipinski definition) is 5. The summed E-state index contributed by atoms with van der Waals surface area (Å²) in [5, 5.41) is 2.00. The number of nitrogens with zero attached hydrogens (tertiary/aromatic N) is 3. The molecule has 2 aromatic heterocycles. The Balaban J connectivity index is 1.57. The minimum absolute atomic E-state index is 0.0236. The van der Waals surface area contributed by atoms with Gasteiger partial charge in [0.15, 0.2) is 0 Å². The van der Waals surface area contributed by atoms with E-state index in [1.54, 1.807) is 36.0 Å². The van der Waals surface area contributed by atoms with Crippen molar-refractivity contribution < 1.29 is 9.53 Å². The van der Waals surface area contributed by atoms with Gasteiger partial charge in [0.05, 0.1) is 12.7 Å². The lowest BCUT2D eigenvalue weighted by Crippen LogP contribution is -2.43. The number of amides is 1. The molecule has 0 bridgehead atoms. The largest absolute Gasteiger partial charge is 0.471 e. The number of carbonyl (C=O) groups excluding carboxylic acids is 1. The molecule has 5 nitrogen and oxygen atoms in total. The molecule has 1 saturated heterocycles. The predicted molar refractivity (Wildman–Crippen MR) is 85.6 cm³/mol. The maximum atomic E-state index is 12.3. The molecule has 1 amide bonds. The van der Waals surface area contributed by atoms with E-state index < -0.39 is 0 Å². The van der Waals surface area contributed by atoms with Crippen LogP contribution >= 0.6 is 11.3 Å². The Bertz CT molecular complexity index is 628. The molecule has 0 unspecified atom stereocenters. The first-order chi connectivity index (χ1) is 10.8. The number of aromatic nitrogens is 2. The van der Waals surface area contributed by atoms with Gasteiger partial charge in [-0.25, -0.2) is 4.98 Å². The number of hydrogen-bond donors (Lipinski definition) is 0. The van der Waals surface area contributed by atoms with Crippen molar-refractivity contribution in [1.82, 2.24) is 14.9 Å². The van der Waals surface area contributed by atoms with Gasteiger partial charge in [-0.15, -0.1) is 11.3 Å². The molecule has 22 heavy (non-hydrogen) atoms. The average Bonchev–Trinajstić information content (AvgIpc) is 3.07. The van der Waals surface area contributed by atoms with E-state index in [1.165, 1.54) is 0 Å². The van der Waals surface area contributed by atoms with Crippen LogP contribution in [0.5, 0.6) is 5.88 Å². The summed E-state index contributed by atoms with van der Waals surface area (Å²) < 4.78 is 5.80. The maximum absolute atomic E-state index is 12.3. The van der Waals surface area contributed by atoms with Crippen molar-refractivity contribution in [2.45, 2.75) is 18.9 Å². The van der Waals surface area contributed by atoms with E-state index in [1.807, 2.05) is 28.5 Å². The first-order valence-corrected chi connectivity index (χ1v) is 8.12. The molecule has 1 aliphatic rings. The molecule has 0 aliphatic carbocycles. The van der Waals surface area contributed by atoms with Gasteiger partial charge in [-0.2, -0.15) is 0 Å². The zero-order chi connectivity index (χ0) is 15.2. The summed E-state index contributed by atoms with van der Waals surface area (Å²) in [6.07, 6.45) is 10.1. The molecule has 114 valence electrons. The quantitative estimate of drug-likeness (QED) is 0.814. The van der Waals surface area contributed by atoms with Crippen LogP contribution < -0.4 is 4.74 Å². The normalized spacial score (nSPS) is 18.5. The molecule has 0 spiro atoms. The highest BCUT2D eigenvalue weighted by Crippen LogP contribution is 2.17. The third kappa shape index (κ3) is 3.92. The number of likely N-dealkylation sites (tertiary alicyclic amines) is 1. The summed E-state index contributed by atoms with van der Waals surface area (Å²) >= 11 is 1.62. The van der Waals surface area contributed by atoms with Crippen molar-refractivity contribution in [3.63, 3.8) is 0 Å². The molecule has 0 radical (unpaired) electrons. The van der Waals surface area contributed by atoms with E-state index in [9.17, 15) is 4.79 Å². The molecule has 0 aromatic carbocycles. The Labute approximate surface area is 133 Å². The van der Waals surface area contributed by atoms with Gasteiger partial charge in [-0.05, 0) is 30.4 Å². The van der Waals surface area contributed by atoms with Crippen molar-refractivity contribution in [2.75, 3.05) is 13.1 Å². The van der Waals surface area contributed by atoms with Gasteiger partial charge in [0.2, 0.25) is 11.8 Å². The third-order valence-electron chi connectivity index (χ3n) is 3.45. The fourth-order valence-electron chi connectivity index (χ4n) is 2.40. The first-order valence-electron chi connectivity index (χ1n) is 7.24. The number of ether oxygens (including phenoxy) is 1. The van der Waals surface area contributed by atoms with Crippen LogP contribution in [0.4, 0.5) is 0 Å². The van der Waals surface area contributed by atoms with Gasteiger partial charge in [-0.3, -0.25) is 9.78 Å². The zero-order valence-corrected chi connectivity index (χ0v) is 12.9. The molecule has 1 fully saturated rings. The van der Waals surface area contributed by atoms with Gasteiger partial charge in [0, 0.05) is 29.9 Å². The number of piperidine rings is 1. The topological polar surface area (TPSA) is 55.3 Å². The molecule has 0 saturated carbocycles. The minimum atomic E-state index is -0.0236. The Hall–Kier alpha value is -2.21. The molecule has 1 atom stereocenters. The van der Waals surface area contributed by atoms with Crippen LogP contribution in [0.15, 0.2) is 42.2 Å². The lowest BCUT2D eigenvalue weighted by Gasteiger charge is -2.31. The molecule has 3 rings (SSSR count). The Morgan fingerprint density at radius 1 is 1.45 bits per heavy atom. The fraction of sp³-hybridized carbons (Fsp3) is 0.312. The lowest BCUT2D eigenvalue weighted by atomic mass is 10.1. The van der Waals surface area contributed by atoms with Crippen molar-refractivity contribution in [3.8, 4) is 5.88 Å². The lowest BCUT2D eigenvalue weighted by molar-refractivity contribution is -0.128. The van der Waals surface area contributed by atoms with E-state index in [0.717, 1.165) is 24.3 Å². The van der Waals surface area contributed by atoms with E-state index in [4.69, 9.17) is 4.74 Å². The molecular weight excluding hydrogens is 298 g/mol. The molecule has 3 heterocycles. The average molecular weight is 315 g/mol. The van der Waals surface area contributed by atoms with E-state index >= 15 is 0 Å². The second-order valence-electron chi connectivity index (χ2n) is 5.06. The standard InChI is InChI=1S/C16H17N3O2S/c20-16(6-5-14-4-2-10-22-14)19-9-1-3-13(12-19)21-15-11-17-7-8-18-15/h2,4-8,10-11,13H,1,3,9,12H2/b6-5+/t13-/m1/s1. The van der Waals surface area contributed by atoms with Crippen LogP contribution in [0.1, 0.15) is 17.7 Å². The van der Waals surface area contributed by atoms with Crippen molar-refractivity contribution in [3.05, 3.63) is 47.1 Å². The predicted octanol–water partition coefficient (Wildman–Crippen LogP) is 2.62. The summed E-state index contributed by atoms with van der Waals surface area (Å²) in [7, 11) is 0. The van der Waals surface area contributed by atoms with Crippen molar-refractivity contribution >= 4 is 23.3 Å². The summed E-state index contributed by atoms with van der Waals surface area (Å²) in [6.45, 7) is 1.36. The van der Waals surface area contributed by atoms with E-state index in [-0.39, 0.29) is 12.0 Å². The second kappa shape index (κ2) is 7.17. The van der Waals surface area contributed by atoms with Crippen molar-refractivity contribution in [1.29, 1.82) is 0 Å². The highest BCUT2D eigenvalue weighted by molar-refractivity contribution is 7.10. The summed E-state index contributed by atoms with van der Waals surface area (Å²) in [5.74, 6) is 0.539. The summed E-state index contributed by atoms with van der Waals surface area (Å²) in [4.78, 5) is 23.3. The maximum Gasteiger partial charge on any atom is 0.246 e. The Morgan fingerprint density at radius 2 is 2.41 bits per heavy atom. The van der Waals surface area contributed by atoms with Gasteiger partial charge in [0.25, 0.3) is 0 Å². The first kappa shape index (κ1) is 14.7. The van der Waals surface area contributed by atoms with Crippen LogP contribution in [-0.2, 0) is 4.79 Å². The minimum Gasteiger partial charge on any atom is -0.471 e. The number of rotatable bonds is 4. The molecule has 1 aliphatic heterocycles. The zero-order valence-electron chi connectivity index (χ0n) is 12.1. The van der Waals surface area contributed by atoms with Gasteiger partial charge >= 0.3 is 0 Å². The molecular formula is C16H17N3O2S. The molecule has 0 N–H and O–H groups in total. The van der Waals surface area contributed by atoms with Crippen LogP contribution in [0.2, 0.25) is 0 Å². The van der Waals surface area contributed by atoms with Crippen LogP contribution in [0.25, 0.3) is 6.08 Å². The number of carbonyl (C=O) groups is 1. The van der Waals surface area contributed by atoms with Crippen LogP contribution in [0.3, 0.4) is 0 Å². The third-order valence-corrected chi connectivity index (χ3v) is 4.29.